The molecule has 34 heavy (non-hydrogen) atoms. The molecule has 0 saturated carbocycles. The molecule has 2 aromatic carbocycles. The third-order valence-electron chi connectivity index (χ3n) is 5.91. The Labute approximate surface area is 199 Å². The van der Waals surface area contributed by atoms with Gasteiger partial charge in [-0.1, -0.05) is 23.7 Å². The van der Waals surface area contributed by atoms with Crippen LogP contribution >= 0.6 is 11.6 Å². The molecule has 0 bridgehead atoms. The third kappa shape index (κ3) is 4.02. The van der Waals surface area contributed by atoms with Crippen LogP contribution in [0.15, 0.2) is 60.9 Å². The van der Waals surface area contributed by atoms with E-state index < -0.39 is 29.8 Å². The molecular weight excluding hydrogens is 459 g/mol. The smallest absolute Gasteiger partial charge is 0.274 e. The molecule has 0 saturated heterocycles. The van der Waals surface area contributed by atoms with E-state index in [1.807, 2.05) is 19.1 Å². The number of carbonyl (C=O) groups excluding carboxylic acids is 2. The average molecular weight is 479 g/mol. The summed E-state index contributed by atoms with van der Waals surface area (Å²) in [4.78, 5) is 30.0. The summed E-state index contributed by atoms with van der Waals surface area (Å²) in [6, 6.07) is 12.0. The first kappa shape index (κ1) is 22.1. The Morgan fingerprint density at radius 2 is 1.97 bits per heavy atom. The number of aliphatic hydroxyl groups is 1. The number of amides is 2. The zero-order valence-corrected chi connectivity index (χ0v) is 18.8. The van der Waals surface area contributed by atoms with Crippen LogP contribution in [0.1, 0.15) is 43.6 Å². The fourth-order valence-corrected chi connectivity index (χ4v) is 4.37. The van der Waals surface area contributed by atoms with Crippen LogP contribution in [-0.4, -0.2) is 32.4 Å². The van der Waals surface area contributed by atoms with Gasteiger partial charge < -0.3 is 15.7 Å². The maximum atomic E-state index is 14.5. The second-order valence-corrected chi connectivity index (χ2v) is 8.73. The van der Waals surface area contributed by atoms with Gasteiger partial charge in [0.2, 0.25) is 0 Å². The number of nitrogens with zero attached hydrogens (tertiary/aromatic N) is 2. The summed E-state index contributed by atoms with van der Waals surface area (Å²) in [5.41, 5.74) is 3.38. The standard InChI is InChI=1S/C25H20ClFN4O3/c1-13-2-7-22-28-11-20(31(22)12-13)25(34)29-19-8-15(4-6-18(19)27)24(33)30-23-17-10-16(26)5-3-14(17)9-21(23)32/h2-8,10-12,21,23,32H,9H2,1H3,(H,29,34)(H,30,33)/t21-,23+/m1/s1. The number of rotatable bonds is 4. The van der Waals surface area contributed by atoms with Crippen molar-refractivity contribution in [1.29, 1.82) is 0 Å². The average Bonchev–Trinajstić information content (AvgIpc) is 3.35. The van der Waals surface area contributed by atoms with E-state index in [0.717, 1.165) is 22.8 Å². The predicted octanol–water partition coefficient (Wildman–Crippen LogP) is 4.08. The number of anilines is 1. The summed E-state index contributed by atoms with van der Waals surface area (Å²) < 4.78 is 16.1. The Morgan fingerprint density at radius 3 is 2.79 bits per heavy atom. The zero-order chi connectivity index (χ0) is 24.0. The largest absolute Gasteiger partial charge is 0.390 e. The van der Waals surface area contributed by atoms with Crippen molar-refractivity contribution in [3.63, 3.8) is 0 Å². The van der Waals surface area contributed by atoms with E-state index in [1.165, 1.54) is 18.3 Å². The number of benzene rings is 2. The summed E-state index contributed by atoms with van der Waals surface area (Å²) in [5.74, 6) is -1.77. The summed E-state index contributed by atoms with van der Waals surface area (Å²) in [6.07, 6.45) is 2.74. The molecule has 5 rings (SSSR count). The van der Waals surface area contributed by atoms with Crippen LogP contribution < -0.4 is 10.6 Å². The van der Waals surface area contributed by atoms with Crippen LogP contribution in [0.5, 0.6) is 0 Å². The summed E-state index contributed by atoms with van der Waals surface area (Å²) in [5, 5.41) is 16.3. The highest BCUT2D eigenvalue weighted by molar-refractivity contribution is 6.30. The maximum Gasteiger partial charge on any atom is 0.274 e. The molecule has 7 nitrogen and oxygen atoms in total. The van der Waals surface area contributed by atoms with Crippen LogP contribution in [0.4, 0.5) is 10.1 Å². The van der Waals surface area contributed by atoms with Gasteiger partial charge >= 0.3 is 0 Å². The third-order valence-corrected chi connectivity index (χ3v) is 6.14. The molecule has 0 fully saturated rings. The number of aliphatic hydroxyl groups excluding tert-OH is 1. The maximum absolute atomic E-state index is 14.5. The second-order valence-electron chi connectivity index (χ2n) is 8.29. The molecule has 9 heteroatoms. The Balaban J connectivity index is 1.38. The summed E-state index contributed by atoms with van der Waals surface area (Å²) >= 11 is 6.08. The fraction of sp³-hybridized carbons (Fsp3) is 0.160. The van der Waals surface area contributed by atoms with Crippen molar-refractivity contribution in [2.24, 2.45) is 0 Å². The van der Waals surface area contributed by atoms with Gasteiger partial charge in [0.05, 0.1) is 24.0 Å². The topological polar surface area (TPSA) is 95.7 Å². The van der Waals surface area contributed by atoms with Crippen molar-refractivity contribution in [1.82, 2.24) is 14.7 Å². The molecule has 4 aromatic rings. The molecule has 3 N–H and O–H groups in total. The van der Waals surface area contributed by atoms with Gasteiger partial charge in [0, 0.05) is 23.2 Å². The number of pyridine rings is 1. The first-order chi connectivity index (χ1) is 16.3. The first-order valence-electron chi connectivity index (χ1n) is 10.6. The predicted molar refractivity (Wildman–Crippen MR) is 126 cm³/mol. The van der Waals surface area contributed by atoms with E-state index in [4.69, 9.17) is 11.6 Å². The lowest BCUT2D eigenvalue weighted by Gasteiger charge is -2.18. The number of aryl methyl sites for hydroxylation is 1. The van der Waals surface area contributed by atoms with Crippen molar-refractivity contribution in [3.05, 3.63) is 99.7 Å². The van der Waals surface area contributed by atoms with Crippen molar-refractivity contribution in [3.8, 4) is 0 Å². The van der Waals surface area contributed by atoms with Crippen molar-refractivity contribution in [2.75, 3.05) is 5.32 Å². The van der Waals surface area contributed by atoms with Crippen molar-refractivity contribution < 1.29 is 19.1 Å². The normalized spacial score (nSPS) is 16.9. The molecule has 2 amide bonds. The fourth-order valence-electron chi connectivity index (χ4n) is 4.19. The molecule has 0 radical (unpaired) electrons. The van der Waals surface area contributed by atoms with Crippen LogP contribution in [0.2, 0.25) is 5.02 Å². The molecule has 2 aromatic heterocycles. The number of imidazole rings is 1. The van der Waals surface area contributed by atoms with E-state index in [9.17, 15) is 19.1 Å². The van der Waals surface area contributed by atoms with Crippen molar-refractivity contribution in [2.45, 2.75) is 25.5 Å². The van der Waals surface area contributed by atoms with Gasteiger partial charge in [-0.15, -0.1) is 0 Å². The van der Waals surface area contributed by atoms with Gasteiger partial charge in [-0.2, -0.15) is 0 Å². The highest BCUT2D eigenvalue weighted by atomic mass is 35.5. The van der Waals surface area contributed by atoms with Gasteiger partial charge in [0.15, 0.2) is 0 Å². The number of hydrogen-bond donors (Lipinski definition) is 3. The Kier molecular flexibility index (Phi) is 5.55. The SMILES string of the molecule is Cc1ccc2ncc(C(=O)Nc3cc(C(=O)N[C@H]4c5cc(Cl)ccc5C[C@H]4O)ccc3F)n2c1. The van der Waals surface area contributed by atoms with Gasteiger partial charge in [-0.3, -0.25) is 14.0 Å². The van der Waals surface area contributed by atoms with E-state index in [2.05, 4.69) is 15.6 Å². The zero-order valence-electron chi connectivity index (χ0n) is 18.0. The number of nitrogens with one attached hydrogen (secondary N) is 2. The van der Waals surface area contributed by atoms with E-state index in [-0.39, 0.29) is 16.9 Å². The van der Waals surface area contributed by atoms with Gasteiger partial charge in [-0.05, 0) is 60.0 Å². The lowest BCUT2D eigenvalue weighted by molar-refractivity contribution is 0.0857. The molecule has 0 spiro atoms. The lowest BCUT2D eigenvalue weighted by atomic mass is 10.1. The van der Waals surface area contributed by atoms with Crippen molar-refractivity contribution >= 4 is 34.7 Å². The molecule has 2 atom stereocenters. The van der Waals surface area contributed by atoms with Gasteiger partial charge in [0.1, 0.15) is 17.2 Å². The second kappa shape index (κ2) is 8.55. The van der Waals surface area contributed by atoms with E-state index >= 15 is 0 Å². The molecule has 0 unspecified atom stereocenters. The van der Waals surface area contributed by atoms with Crippen LogP contribution in [-0.2, 0) is 6.42 Å². The first-order valence-corrected chi connectivity index (χ1v) is 11.0. The highest BCUT2D eigenvalue weighted by Gasteiger charge is 2.32. The Hall–Kier alpha value is -3.75. The monoisotopic (exact) mass is 478 g/mol. The number of aromatic nitrogens is 2. The number of hydrogen-bond acceptors (Lipinski definition) is 4. The minimum Gasteiger partial charge on any atom is -0.390 e. The Morgan fingerprint density at radius 1 is 1.15 bits per heavy atom. The minimum atomic E-state index is -0.810. The van der Waals surface area contributed by atoms with E-state index in [1.54, 1.807) is 28.8 Å². The number of halogens is 2. The van der Waals surface area contributed by atoms with Gasteiger partial charge in [-0.25, -0.2) is 9.37 Å². The summed E-state index contributed by atoms with van der Waals surface area (Å²) in [7, 11) is 0. The molecule has 172 valence electrons. The number of carbonyl (C=O) groups is 2. The van der Waals surface area contributed by atoms with Crippen LogP contribution in [0.25, 0.3) is 5.65 Å². The quantitative estimate of drug-likeness (QED) is 0.412. The molecule has 1 aliphatic carbocycles. The lowest BCUT2D eigenvalue weighted by Crippen LogP contribution is -2.34. The van der Waals surface area contributed by atoms with E-state index in [0.29, 0.717) is 17.1 Å². The molecule has 1 aliphatic rings. The Bertz CT molecular complexity index is 1450. The van der Waals surface area contributed by atoms with Gasteiger partial charge in [0.25, 0.3) is 11.8 Å². The molecule has 0 aliphatic heterocycles. The number of fused-ring (bicyclic) bond motifs is 2. The van der Waals surface area contributed by atoms with Crippen LogP contribution in [0.3, 0.4) is 0 Å². The van der Waals surface area contributed by atoms with Crippen LogP contribution in [0, 0.1) is 12.7 Å². The molecule has 2 heterocycles. The molecular formula is C25H20ClFN4O3. The highest BCUT2D eigenvalue weighted by Crippen LogP contribution is 2.33. The minimum absolute atomic E-state index is 0.133. The summed E-state index contributed by atoms with van der Waals surface area (Å²) in [6.45, 7) is 1.89.